The summed E-state index contributed by atoms with van der Waals surface area (Å²) in [4.78, 5) is 16.1. The molecular formula is C12H11NO5. The van der Waals surface area contributed by atoms with Crippen molar-refractivity contribution in [3.05, 3.63) is 42.0 Å². The largest absolute Gasteiger partial charge is 0.539 e. The Morgan fingerprint density at radius 3 is 2.33 bits per heavy atom. The maximum atomic E-state index is 11.4. The number of para-hydroxylation sites is 1. The molecule has 0 spiro atoms. The number of aromatic hydroxyl groups is 2. The van der Waals surface area contributed by atoms with Crippen LogP contribution in [0.15, 0.2) is 36.4 Å². The number of benzene rings is 1. The molecule has 0 unspecified atom stereocenters. The van der Waals surface area contributed by atoms with Crippen LogP contribution in [0.2, 0.25) is 0 Å². The van der Waals surface area contributed by atoms with Crippen LogP contribution in [0, 0.1) is 6.92 Å². The zero-order chi connectivity index (χ0) is 13.1. The lowest BCUT2D eigenvalue weighted by atomic mass is 10.2. The third-order valence-corrected chi connectivity index (χ3v) is 2.25. The Labute approximate surface area is 103 Å². The number of carbonyl (C=O) groups excluding carboxylic acids is 1. The van der Waals surface area contributed by atoms with Crippen molar-refractivity contribution in [2.24, 2.45) is 0 Å². The molecule has 0 saturated heterocycles. The van der Waals surface area contributed by atoms with Gasteiger partial charge in [-0.1, -0.05) is 18.2 Å². The number of hydrogen-bond donors (Lipinski definition) is 2. The predicted molar refractivity (Wildman–Crippen MR) is 61.5 cm³/mol. The highest BCUT2D eigenvalue weighted by Crippen LogP contribution is 2.20. The van der Waals surface area contributed by atoms with Crippen molar-refractivity contribution in [3.8, 4) is 17.5 Å². The maximum absolute atomic E-state index is 11.4. The third kappa shape index (κ3) is 2.37. The lowest BCUT2D eigenvalue weighted by Crippen LogP contribution is -2.22. The van der Waals surface area contributed by atoms with Crippen molar-refractivity contribution in [2.75, 3.05) is 0 Å². The average Bonchev–Trinajstić information content (AvgIpc) is 2.64. The molecule has 0 aliphatic heterocycles. The predicted octanol–water partition coefficient (Wildman–Crippen LogP) is 1.84. The molecule has 0 atom stereocenters. The fourth-order valence-corrected chi connectivity index (χ4v) is 1.35. The summed E-state index contributed by atoms with van der Waals surface area (Å²) in [7, 11) is 0. The number of rotatable bonds is 2. The quantitative estimate of drug-likeness (QED) is 0.627. The van der Waals surface area contributed by atoms with Crippen LogP contribution in [0.25, 0.3) is 0 Å². The van der Waals surface area contributed by atoms with E-state index in [1.54, 1.807) is 31.2 Å². The number of hydrogen-bond acceptors (Lipinski definition) is 5. The Morgan fingerprint density at radius 2 is 1.72 bits per heavy atom. The zero-order valence-electron chi connectivity index (χ0n) is 9.53. The van der Waals surface area contributed by atoms with E-state index in [2.05, 4.69) is 4.84 Å². The number of aryl methyl sites for hydroxylation is 1. The molecule has 1 aromatic heterocycles. The Hall–Kier alpha value is -2.63. The standard InChI is InChI=1S/C12H11NO5/c1-8-4-2-3-5-9(8)17-12(16)18-13-10(14)6-7-11(13)15/h2-7,14-15H,1H3. The van der Waals surface area contributed by atoms with Gasteiger partial charge in [-0.2, -0.15) is 0 Å². The van der Waals surface area contributed by atoms with Gasteiger partial charge >= 0.3 is 6.16 Å². The van der Waals surface area contributed by atoms with Crippen LogP contribution < -0.4 is 9.57 Å². The molecule has 6 nitrogen and oxygen atoms in total. The minimum Gasteiger partial charge on any atom is -0.492 e. The molecule has 2 rings (SSSR count). The minimum absolute atomic E-state index is 0.341. The Balaban J connectivity index is 2.08. The summed E-state index contributed by atoms with van der Waals surface area (Å²) in [6.07, 6.45) is -1.06. The first-order valence-electron chi connectivity index (χ1n) is 5.13. The molecule has 6 heteroatoms. The Morgan fingerprint density at radius 1 is 1.11 bits per heavy atom. The molecule has 0 fully saturated rings. The van der Waals surface area contributed by atoms with Crippen molar-refractivity contribution >= 4 is 6.16 Å². The number of aromatic nitrogens is 1. The SMILES string of the molecule is Cc1ccccc1OC(=O)On1c(O)ccc1O. The van der Waals surface area contributed by atoms with Gasteiger partial charge in [-0.25, -0.2) is 4.79 Å². The van der Waals surface area contributed by atoms with Gasteiger partial charge in [-0.05, 0) is 18.6 Å². The van der Waals surface area contributed by atoms with Crippen LogP contribution in [-0.2, 0) is 0 Å². The number of carbonyl (C=O) groups is 1. The first-order valence-corrected chi connectivity index (χ1v) is 5.13. The molecule has 0 aliphatic carbocycles. The van der Waals surface area contributed by atoms with Gasteiger partial charge in [0.15, 0.2) is 0 Å². The van der Waals surface area contributed by atoms with Gasteiger partial charge in [-0.3, -0.25) is 4.84 Å². The smallest absolute Gasteiger partial charge is 0.492 e. The number of ether oxygens (including phenoxy) is 1. The Bertz CT molecular complexity index is 556. The van der Waals surface area contributed by atoms with E-state index in [9.17, 15) is 15.0 Å². The topological polar surface area (TPSA) is 80.9 Å². The highest BCUT2D eigenvalue weighted by atomic mass is 16.8. The van der Waals surface area contributed by atoms with Crippen molar-refractivity contribution in [3.63, 3.8) is 0 Å². The summed E-state index contributed by atoms with van der Waals surface area (Å²) in [6.45, 7) is 1.77. The normalized spacial score (nSPS) is 10.1. The van der Waals surface area contributed by atoms with E-state index in [1.807, 2.05) is 0 Å². The van der Waals surface area contributed by atoms with Crippen LogP contribution in [0.5, 0.6) is 17.5 Å². The van der Waals surface area contributed by atoms with E-state index in [-0.39, 0.29) is 0 Å². The van der Waals surface area contributed by atoms with Crippen molar-refractivity contribution in [2.45, 2.75) is 6.92 Å². The molecule has 0 aliphatic rings. The van der Waals surface area contributed by atoms with Crippen LogP contribution in [-0.4, -0.2) is 21.1 Å². The molecule has 1 aromatic carbocycles. The van der Waals surface area contributed by atoms with Crippen LogP contribution in [0.3, 0.4) is 0 Å². The average molecular weight is 249 g/mol. The first-order chi connectivity index (χ1) is 8.58. The van der Waals surface area contributed by atoms with Gasteiger partial charge in [0.1, 0.15) is 5.75 Å². The van der Waals surface area contributed by atoms with Gasteiger partial charge in [0.05, 0.1) is 0 Å². The summed E-state index contributed by atoms with van der Waals surface area (Å²) < 4.78 is 5.48. The summed E-state index contributed by atoms with van der Waals surface area (Å²) in [5.74, 6) is -0.475. The highest BCUT2D eigenvalue weighted by molar-refractivity contribution is 5.65. The van der Waals surface area contributed by atoms with Crippen LogP contribution >= 0.6 is 0 Å². The third-order valence-electron chi connectivity index (χ3n) is 2.25. The molecule has 0 radical (unpaired) electrons. The Kier molecular flexibility index (Phi) is 3.09. The molecule has 18 heavy (non-hydrogen) atoms. The summed E-state index contributed by atoms with van der Waals surface area (Å²) in [5.41, 5.74) is 0.760. The van der Waals surface area contributed by atoms with E-state index >= 15 is 0 Å². The monoisotopic (exact) mass is 249 g/mol. The van der Waals surface area contributed by atoms with E-state index in [0.29, 0.717) is 10.5 Å². The number of nitrogens with zero attached hydrogens (tertiary/aromatic N) is 1. The zero-order valence-corrected chi connectivity index (χ0v) is 9.53. The fraction of sp³-hybridized carbons (Fsp3) is 0.0833. The van der Waals surface area contributed by atoms with Crippen molar-refractivity contribution in [1.29, 1.82) is 0 Å². The van der Waals surface area contributed by atoms with Gasteiger partial charge in [0.25, 0.3) is 0 Å². The molecule has 2 N–H and O–H groups in total. The molecule has 94 valence electrons. The molecule has 0 amide bonds. The molecule has 1 heterocycles. The van der Waals surface area contributed by atoms with E-state index < -0.39 is 17.9 Å². The van der Waals surface area contributed by atoms with Crippen LogP contribution in [0.1, 0.15) is 5.56 Å². The van der Waals surface area contributed by atoms with Gasteiger partial charge in [-0.15, -0.1) is 4.73 Å². The molecule has 0 bridgehead atoms. The van der Waals surface area contributed by atoms with E-state index in [0.717, 1.165) is 5.56 Å². The van der Waals surface area contributed by atoms with Crippen LogP contribution in [0.4, 0.5) is 4.79 Å². The summed E-state index contributed by atoms with van der Waals surface area (Å²) >= 11 is 0. The second-order valence-corrected chi connectivity index (χ2v) is 3.55. The lowest BCUT2D eigenvalue weighted by Gasteiger charge is -2.08. The highest BCUT2D eigenvalue weighted by Gasteiger charge is 2.14. The molecule has 0 saturated carbocycles. The van der Waals surface area contributed by atoms with Gasteiger partial charge in [0, 0.05) is 12.1 Å². The second-order valence-electron chi connectivity index (χ2n) is 3.55. The second kappa shape index (κ2) is 4.70. The fourth-order valence-electron chi connectivity index (χ4n) is 1.35. The first kappa shape index (κ1) is 11.8. The molecule has 2 aromatic rings. The molecular weight excluding hydrogens is 238 g/mol. The van der Waals surface area contributed by atoms with Crippen molar-refractivity contribution < 1.29 is 24.6 Å². The van der Waals surface area contributed by atoms with E-state index in [1.165, 1.54) is 12.1 Å². The summed E-state index contributed by atoms with van der Waals surface area (Å²) in [6, 6.07) is 9.24. The maximum Gasteiger partial charge on any atom is 0.539 e. The summed E-state index contributed by atoms with van der Waals surface area (Å²) in [5, 5.41) is 18.5. The van der Waals surface area contributed by atoms with E-state index in [4.69, 9.17) is 4.74 Å². The van der Waals surface area contributed by atoms with Gasteiger partial charge < -0.3 is 14.9 Å². The lowest BCUT2D eigenvalue weighted by molar-refractivity contribution is 0.0706. The minimum atomic E-state index is -1.06. The van der Waals surface area contributed by atoms with Gasteiger partial charge in [0.2, 0.25) is 11.8 Å². The van der Waals surface area contributed by atoms with Crippen molar-refractivity contribution in [1.82, 2.24) is 4.73 Å².